The Labute approximate surface area is 177 Å². The smallest absolute Gasteiger partial charge is 0.329 e. The standard InChI is InChI=1S/C22H21BrN2O4/c1-4-8-29-20-12-17(23)16(11-19(20)28-3)10-18-21(26)25(22(27)24-18)13-15-7-5-6-14(2)9-15/h4-7,9-12H,1,8,13H2,2-3H3,(H,24,27)/b18-10+. The lowest BCUT2D eigenvalue weighted by molar-refractivity contribution is -0.123. The van der Waals surface area contributed by atoms with E-state index in [1.165, 1.54) is 12.0 Å². The Kier molecular flexibility index (Phi) is 6.39. The van der Waals surface area contributed by atoms with Crippen molar-refractivity contribution >= 4 is 33.9 Å². The van der Waals surface area contributed by atoms with E-state index in [0.717, 1.165) is 11.1 Å². The number of carbonyl (C=O) groups excluding carboxylic acids is 2. The van der Waals surface area contributed by atoms with Crippen molar-refractivity contribution in [3.05, 3.63) is 75.9 Å². The van der Waals surface area contributed by atoms with Crippen molar-refractivity contribution in [1.29, 1.82) is 0 Å². The molecule has 0 aliphatic carbocycles. The minimum absolute atomic E-state index is 0.199. The second-order valence-electron chi connectivity index (χ2n) is 6.49. The fraction of sp³-hybridized carbons (Fsp3) is 0.182. The molecule has 0 unspecified atom stereocenters. The summed E-state index contributed by atoms with van der Waals surface area (Å²) in [6.45, 7) is 6.14. The maximum atomic E-state index is 12.8. The Balaban J connectivity index is 1.86. The van der Waals surface area contributed by atoms with Crippen LogP contribution in [0.25, 0.3) is 6.08 Å². The van der Waals surface area contributed by atoms with Crippen LogP contribution in [0.3, 0.4) is 0 Å². The maximum Gasteiger partial charge on any atom is 0.329 e. The molecule has 1 aliphatic rings. The van der Waals surface area contributed by atoms with Crippen LogP contribution in [0.2, 0.25) is 0 Å². The third kappa shape index (κ3) is 4.68. The van der Waals surface area contributed by atoms with Crippen molar-refractivity contribution in [2.45, 2.75) is 13.5 Å². The summed E-state index contributed by atoms with van der Waals surface area (Å²) >= 11 is 3.48. The maximum absolute atomic E-state index is 12.8. The van der Waals surface area contributed by atoms with Crippen molar-refractivity contribution in [3.8, 4) is 11.5 Å². The molecule has 1 heterocycles. The monoisotopic (exact) mass is 456 g/mol. The van der Waals surface area contributed by atoms with Gasteiger partial charge in [-0.3, -0.25) is 9.69 Å². The zero-order valence-corrected chi connectivity index (χ0v) is 17.8. The SMILES string of the molecule is C=CCOc1cc(Br)c(/C=C2/NC(=O)N(Cc3cccc(C)c3)C2=O)cc1OC. The molecule has 7 heteroatoms. The Hall–Kier alpha value is -3.06. The van der Waals surface area contributed by atoms with Crippen LogP contribution in [-0.2, 0) is 11.3 Å². The molecule has 2 aromatic carbocycles. The first-order valence-corrected chi connectivity index (χ1v) is 9.73. The number of urea groups is 1. The number of amides is 3. The fourth-order valence-electron chi connectivity index (χ4n) is 2.95. The molecule has 0 radical (unpaired) electrons. The topological polar surface area (TPSA) is 67.9 Å². The average Bonchev–Trinajstić information content (AvgIpc) is 2.95. The molecule has 1 N–H and O–H groups in total. The van der Waals surface area contributed by atoms with E-state index in [4.69, 9.17) is 9.47 Å². The van der Waals surface area contributed by atoms with Gasteiger partial charge in [0.15, 0.2) is 11.5 Å². The molecule has 0 aromatic heterocycles. The molecule has 1 saturated heterocycles. The summed E-state index contributed by atoms with van der Waals surface area (Å²) in [5.41, 5.74) is 2.83. The summed E-state index contributed by atoms with van der Waals surface area (Å²) in [6.07, 6.45) is 3.25. The van der Waals surface area contributed by atoms with Gasteiger partial charge in [-0.1, -0.05) is 58.4 Å². The van der Waals surface area contributed by atoms with E-state index < -0.39 is 6.03 Å². The van der Waals surface area contributed by atoms with Crippen molar-refractivity contribution < 1.29 is 19.1 Å². The van der Waals surface area contributed by atoms with E-state index >= 15 is 0 Å². The summed E-state index contributed by atoms with van der Waals surface area (Å²) in [7, 11) is 1.53. The van der Waals surface area contributed by atoms with Gasteiger partial charge in [0.25, 0.3) is 5.91 Å². The zero-order valence-electron chi connectivity index (χ0n) is 16.2. The molecule has 1 fully saturated rings. The molecular formula is C22H21BrN2O4. The van der Waals surface area contributed by atoms with Gasteiger partial charge in [0.2, 0.25) is 0 Å². The Morgan fingerprint density at radius 3 is 2.69 bits per heavy atom. The Morgan fingerprint density at radius 1 is 1.21 bits per heavy atom. The van der Waals surface area contributed by atoms with Crippen LogP contribution >= 0.6 is 15.9 Å². The van der Waals surface area contributed by atoms with Gasteiger partial charge in [0, 0.05) is 4.47 Å². The summed E-state index contributed by atoms with van der Waals surface area (Å²) < 4.78 is 11.6. The lowest BCUT2D eigenvalue weighted by atomic mass is 10.1. The molecule has 0 bridgehead atoms. The van der Waals surface area contributed by atoms with Crippen LogP contribution in [0.15, 0.2) is 59.2 Å². The molecular weight excluding hydrogens is 436 g/mol. The van der Waals surface area contributed by atoms with Crippen LogP contribution < -0.4 is 14.8 Å². The molecule has 0 saturated carbocycles. The normalized spacial score (nSPS) is 14.9. The minimum atomic E-state index is -0.447. The van der Waals surface area contributed by atoms with Gasteiger partial charge in [-0.15, -0.1) is 0 Å². The van der Waals surface area contributed by atoms with Crippen molar-refractivity contribution in [1.82, 2.24) is 10.2 Å². The number of methoxy groups -OCH3 is 1. The quantitative estimate of drug-likeness (QED) is 0.380. The van der Waals surface area contributed by atoms with Gasteiger partial charge in [-0.2, -0.15) is 0 Å². The van der Waals surface area contributed by atoms with E-state index in [1.54, 1.807) is 24.3 Å². The van der Waals surface area contributed by atoms with Gasteiger partial charge in [0.1, 0.15) is 12.3 Å². The van der Waals surface area contributed by atoms with E-state index in [0.29, 0.717) is 28.1 Å². The largest absolute Gasteiger partial charge is 0.493 e. The van der Waals surface area contributed by atoms with Crippen LogP contribution in [0.4, 0.5) is 4.79 Å². The Morgan fingerprint density at radius 2 is 2.00 bits per heavy atom. The number of halogens is 1. The molecule has 0 atom stereocenters. The van der Waals surface area contributed by atoms with E-state index in [2.05, 4.69) is 27.8 Å². The zero-order chi connectivity index (χ0) is 21.0. The predicted molar refractivity (Wildman–Crippen MR) is 115 cm³/mol. The number of benzene rings is 2. The number of imide groups is 1. The lowest BCUT2D eigenvalue weighted by Gasteiger charge is -2.12. The third-order valence-corrected chi connectivity index (χ3v) is 5.01. The number of nitrogens with zero attached hydrogens (tertiary/aromatic N) is 1. The van der Waals surface area contributed by atoms with Crippen LogP contribution in [0.5, 0.6) is 11.5 Å². The first-order valence-electron chi connectivity index (χ1n) is 8.94. The van der Waals surface area contributed by atoms with E-state index in [1.807, 2.05) is 31.2 Å². The number of hydrogen-bond donors (Lipinski definition) is 1. The molecule has 2 aromatic rings. The summed E-state index contributed by atoms with van der Waals surface area (Å²) in [5, 5.41) is 2.64. The number of carbonyl (C=O) groups is 2. The lowest BCUT2D eigenvalue weighted by Crippen LogP contribution is -2.30. The molecule has 29 heavy (non-hydrogen) atoms. The number of rotatable bonds is 7. The highest BCUT2D eigenvalue weighted by Gasteiger charge is 2.33. The second-order valence-corrected chi connectivity index (χ2v) is 7.35. The highest BCUT2D eigenvalue weighted by Crippen LogP contribution is 2.35. The highest BCUT2D eigenvalue weighted by molar-refractivity contribution is 9.10. The number of aryl methyl sites for hydroxylation is 1. The first kappa shape index (κ1) is 20.7. The van der Waals surface area contributed by atoms with Gasteiger partial charge in [-0.05, 0) is 36.3 Å². The predicted octanol–water partition coefficient (Wildman–Crippen LogP) is 4.42. The van der Waals surface area contributed by atoms with E-state index in [9.17, 15) is 9.59 Å². The molecule has 0 spiro atoms. The van der Waals surface area contributed by atoms with Gasteiger partial charge in [0.05, 0.1) is 13.7 Å². The first-order chi connectivity index (χ1) is 13.9. The van der Waals surface area contributed by atoms with Crippen molar-refractivity contribution in [2.75, 3.05) is 13.7 Å². The van der Waals surface area contributed by atoms with Gasteiger partial charge >= 0.3 is 6.03 Å². The molecule has 150 valence electrons. The van der Waals surface area contributed by atoms with Crippen LogP contribution in [-0.4, -0.2) is 30.6 Å². The fourth-order valence-corrected chi connectivity index (χ4v) is 3.38. The number of nitrogens with one attached hydrogen (secondary N) is 1. The van der Waals surface area contributed by atoms with E-state index in [-0.39, 0.29) is 18.1 Å². The van der Waals surface area contributed by atoms with Crippen LogP contribution in [0.1, 0.15) is 16.7 Å². The number of hydrogen-bond acceptors (Lipinski definition) is 4. The Bertz CT molecular complexity index is 1000. The van der Waals surface area contributed by atoms with Crippen LogP contribution in [0, 0.1) is 6.92 Å². The van der Waals surface area contributed by atoms with Crippen molar-refractivity contribution in [3.63, 3.8) is 0 Å². The second kappa shape index (κ2) is 8.96. The number of ether oxygens (including phenoxy) is 2. The van der Waals surface area contributed by atoms with Crippen molar-refractivity contribution in [2.24, 2.45) is 0 Å². The third-order valence-electron chi connectivity index (χ3n) is 4.32. The van der Waals surface area contributed by atoms with Gasteiger partial charge < -0.3 is 14.8 Å². The molecule has 3 rings (SSSR count). The summed E-state index contributed by atoms with van der Waals surface area (Å²) in [4.78, 5) is 26.3. The van der Waals surface area contributed by atoms with Gasteiger partial charge in [-0.25, -0.2) is 4.79 Å². The molecule has 3 amide bonds. The minimum Gasteiger partial charge on any atom is -0.493 e. The molecule has 6 nitrogen and oxygen atoms in total. The average molecular weight is 457 g/mol. The summed E-state index contributed by atoms with van der Waals surface area (Å²) in [6, 6.07) is 10.7. The highest BCUT2D eigenvalue weighted by atomic mass is 79.9. The molecule has 1 aliphatic heterocycles. The summed E-state index contributed by atoms with van der Waals surface area (Å²) in [5.74, 6) is 0.675.